The Morgan fingerprint density at radius 2 is 2.11 bits per heavy atom. The number of hydrogen-bond acceptors (Lipinski definition) is 5. The van der Waals surface area contributed by atoms with E-state index in [-0.39, 0.29) is 17.4 Å². The molecule has 1 atom stereocenters. The predicted octanol–water partition coefficient (Wildman–Crippen LogP) is 0.0841. The summed E-state index contributed by atoms with van der Waals surface area (Å²) in [6.45, 7) is 0. The van der Waals surface area contributed by atoms with Crippen molar-refractivity contribution in [1.82, 2.24) is 5.32 Å². The number of carboxylic acids is 1. The van der Waals surface area contributed by atoms with E-state index in [0.717, 1.165) is 24.6 Å². The van der Waals surface area contributed by atoms with E-state index >= 15 is 0 Å². The number of nitriles is 1. The molecular formula is C11H17N3O3S. The molecule has 0 aliphatic heterocycles. The smallest absolute Gasteiger partial charge is 0.321 e. The van der Waals surface area contributed by atoms with Crippen molar-refractivity contribution in [3.63, 3.8) is 0 Å². The van der Waals surface area contributed by atoms with E-state index in [4.69, 9.17) is 16.1 Å². The molecule has 0 aromatic heterocycles. The highest BCUT2D eigenvalue weighted by Gasteiger charge is 2.35. The van der Waals surface area contributed by atoms with Crippen molar-refractivity contribution < 1.29 is 14.7 Å². The topological polar surface area (TPSA) is 116 Å². The maximum atomic E-state index is 11.6. The summed E-state index contributed by atoms with van der Waals surface area (Å²) in [4.78, 5) is 22.1. The largest absolute Gasteiger partial charge is 0.480 e. The number of hydrogen-bond donors (Lipinski definition) is 3. The molecule has 0 bridgehead atoms. The van der Waals surface area contributed by atoms with Crippen molar-refractivity contribution >= 4 is 23.6 Å². The molecule has 6 nitrogen and oxygen atoms in total. The fraction of sp³-hybridized carbons (Fsp3) is 0.727. The number of nitrogens with zero attached hydrogens (tertiary/aromatic N) is 1. The molecule has 0 heterocycles. The van der Waals surface area contributed by atoms with Crippen molar-refractivity contribution in [3.05, 3.63) is 0 Å². The Kier molecular flexibility index (Phi) is 5.44. The first-order valence-corrected chi connectivity index (χ1v) is 6.93. The lowest BCUT2D eigenvalue weighted by atomic mass is 10.0. The minimum Gasteiger partial charge on any atom is -0.480 e. The monoisotopic (exact) mass is 271 g/mol. The second kappa shape index (κ2) is 6.61. The number of carbonyl (C=O) groups excluding carboxylic acids is 1. The van der Waals surface area contributed by atoms with E-state index in [0.29, 0.717) is 12.8 Å². The van der Waals surface area contributed by atoms with Gasteiger partial charge >= 0.3 is 5.97 Å². The van der Waals surface area contributed by atoms with Gasteiger partial charge in [0.15, 0.2) is 0 Å². The molecule has 1 aliphatic rings. The van der Waals surface area contributed by atoms with Crippen LogP contribution in [-0.2, 0) is 9.59 Å². The van der Waals surface area contributed by atoms with Gasteiger partial charge in [0.1, 0.15) is 11.6 Å². The van der Waals surface area contributed by atoms with Crippen molar-refractivity contribution in [3.8, 4) is 6.07 Å². The second-order valence-electron chi connectivity index (χ2n) is 4.41. The van der Waals surface area contributed by atoms with Crippen LogP contribution < -0.4 is 11.1 Å². The highest BCUT2D eigenvalue weighted by Crippen LogP contribution is 2.28. The van der Waals surface area contributed by atoms with Crippen LogP contribution in [0.5, 0.6) is 0 Å². The molecule has 0 spiro atoms. The third kappa shape index (κ3) is 4.20. The molecule has 1 saturated carbocycles. The first-order valence-electron chi connectivity index (χ1n) is 5.77. The Balaban J connectivity index is 2.30. The normalized spacial score (nSPS) is 18.9. The van der Waals surface area contributed by atoms with Gasteiger partial charge in [-0.1, -0.05) is 0 Å². The zero-order valence-corrected chi connectivity index (χ0v) is 10.8. The maximum Gasteiger partial charge on any atom is 0.321 e. The van der Waals surface area contributed by atoms with Crippen LogP contribution >= 0.6 is 11.8 Å². The van der Waals surface area contributed by atoms with Gasteiger partial charge in [-0.3, -0.25) is 9.59 Å². The summed E-state index contributed by atoms with van der Waals surface area (Å²) in [5.41, 5.74) is 4.60. The average molecular weight is 271 g/mol. The van der Waals surface area contributed by atoms with Crippen molar-refractivity contribution in [2.24, 2.45) is 5.73 Å². The minimum absolute atomic E-state index is 0.129. The van der Waals surface area contributed by atoms with Gasteiger partial charge in [0.25, 0.3) is 0 Å². The third-order valence-corrected chi connectivity index (χ3v) is 3.96. The van der Waals surface area contributed by atoms with Crippen molar-refractivity contribution in [2.75, 3.05) is 11.5 Å². The molecule has 0 radical (unpaired) electrons. The van der Waals surface area contributed by atoms with Crippen LogP contribution in [0.3, 0.4) is 0 Å². The Morgan fingerprint density at radius 3 is 2.61 bits per heavy atom. The van der Waals surface area contributed by atoms with Gasteiger partial charge in [-0.25, -0.2) is 0 Å². The first kappa shape index (κ1) is 14.8. The standard InChI is InChI=1S/C11H17N3O3S/c12-7-11(3-1-2-4-11)14-9(15)6-18-5-8(13)10(16)17/h8H,1-6,13H2,(H,14,15)(H,16,17)/t8-/m1/s1. The molecule has 1 amide bonds. The van der Waals surface area contributed by atoms with Crippen LogP contribution in [0.1, 0.15) is 25.7 Å². The number of carbonyl (C=O) groups is 2. The van der Waals surface area contributed by atoms with Gasteiger partial charge < -0.3 is 16.2 Å². The Morgan fingerprint density at radius 1 is 1.50 bits per heavy atom. The van der Waals surface area contributed by atoms with E-state index in [1.54, 1.807) is 0 Å². The third-order valence-electron chi connectivity index (χ3n) is 2.90. The van der Waals surface area contributed by atoms with Crippen LogP contribution in [0.4, 0.5) is 0 Å². The number of carboxylic acid groups (broad SMARTS) is 1. The fourth-order valence-electron chi connectivity index (χ4n) is 1.90. The number of nitrogens with one attached hydrogen (secondary N) is 1. The summed E-state index contributed by atoms with van der Waals surface area (Å²) >= 11 is 1.16. The van der Waals surface area contributed by atoms with Crippen LogP contribution in [0.15, 0.2) is 0 Å². The summed E-state index contributed by atoms with van der Waals surface area (Å²) < 4.78 is 0. The lowest BCUT2D eigenvalue weighted by molar-refractivity contribution is -0.138. The van der Waals surface area contributed by atoms with E-state index < -0.39 is 17.6 Å². The first-order chi connectivity index (χ1) is 8.49. The van der Waals surface area contributed by atoms with E-state index in [2.05, 4.69) is 11.4 Å². The zero-order chi connectivity index (χ0) is 13.6. The Hall–Kier alpha value is -1.26. The summed E-state index contributed by atoms with van der Waals surface area (Å²) in [6, 6.07) is 1.21. The number of rotatable bonds is 6. The van der Waals surface area contributed by atoms with Crippen LogP contribution in [0, 0.1) is 11.3 Å². The number of aliphatic carboxylic acids is 1. The molecule has 0 unspecified atom stereocenters. The Bertz CT molecular complexity index is 361. The molecule has 4 N–H and O–H groups in total. The summed E-state index contributed by atoms with van der Waals surface area (Å²) in [7, 11) is 0. The van der Waals surface area contributed by atoms with Crippen molar-refractivity contribution in [2.45, 2.75) is 37.3 Å². The predicted molar refractivity (Wildman–Crippen MR) is 67.9 cm³/mol. The number of thioether (sulfide) groups is 1. The molecule has 0 aromatic rings. The van der Waals surface area contributed by atoms with Crippen LogP contribution in [0.25, 0.3) is 0 Å². The lowest BCUT2D eigenvalue weighted by Crippen LogP contribution is -2.46. The highest BCUT2D eigenvalue weighted by molar-refractivity contribution is 8.00. The summed E-state index contributed by atoms with van der Waals surface area (Å²) in [5.74, 6) is -1.000. The van der Waals surface area contributed by atoms with Gasteiger partial charge in [0.2, 0.25) is 5.91 Å². The van der Waals surface area contributed by atoms with Crippen LogP contribution in [-0.4, -0.2) is 40.1 Å². The maximum absolute atomic E-state index is 11.6. The Labute approximate surface area is 110 Å². The number of nitrogens with two attached hydrogens (primary N) is 1. The van der Waals surface area contributed by atoms with Gasteiger partial charge in [-0.2, -0.15) is 5.26 Å². The molecule has 7 heteroatoms. The minimum atomic E-state index is -1.08. The SMILES string of the molecule is N#CC1(NC(=O)CSC[C@@H](N)C(=O)O)CCCC1. The van der Waals surface area contributed by atoms with Crippen LogP contribution in [0.2, 0.25) is 0 Å². The van der Waals surface area contributed by atoms with E-state index in [1.807, 2.05) is 0 Å². The molecule has 18 heavy (non-hydrogen) atoms. The van der Waals surface area contributed by atoms with Gasteiger partial charge in [-0.15, -0.1) is 11.8 Å². The summed E-state index contributed by atoms with van der Waals surface area (Å²) in [5, 5.41) is 20.4. The molecule has 0 aromatic carbocycles. The van der Waals surface area contributed by atoms with Gasteiger partial charge in [0, 0.05) is 5.75 Å². The molecule has 100 valence electrons. The average Bonchev–Trinajstić information content (AvgIpc) is 2.77. The van der Waals surface area contributed by atoms with E-state index in [9.17, 15) is 9.59 Å². The summed E-state index contributed by atoms with van der Waals surface area (Å²) in [6.07, 6.45) is 3.28. The quantitative estimate of drug-likeness (QED) is 0.630. The van der Waals surface area contributed by atoms with Gasteiger partial charge in [0.05, 0.1) is 11.8 Å². The molecule has 1 aliphatic carbocycles. The fourth-order valence-corrected chi connectivity index (χ4v) is 2.67. The molecular weight excluding hydrogens is 254 g/mol. The van der Waals surface area contributed by atoms with E-state index in [1.165, 1.54) is 0 Å². The van der Waals surface area contributed by atoms with Crippen molar-refractivity contribution in [1.29, 1.82) is 5.26 Å². The zero-order valence-electron chi connectivity index (χ0n) is 10.0. The lowest BCUT2D eigenvalue weighted by Gasteiger charge is -2.21. The molecule has 0 saturated heterocycles. The van der Waals surface area contributed by atoms with Gasteiger partial charge in [-0.05, 0) is 25.7 Å². The molecule has 1 fully saturated rings. The second-order valence-corrected chi connectivity index (χ2v) is 5.44. The highest BCUT2D eigenvalue weighted by atomic mass is 32.2. The number of amides is 1. The molecule has 1 rings (SSSR count).